The predicted molar refractivity (Wildman–Crippen MR) is 92.9 cm³/mol. The highest BCUT2D eigenvalue weighted by Crippen LogP contribution is 2.18. The van der Waals surface area contributed by atoms with Gasteiger partial charge in [-0.3, -0.25) is 9.36 Å². The van der Waals surface area contributed by atoms with Gasteiger partial charge in [-0.15, -0.1) is 10.2 Å². The maximum absolute atomic E-state index is 12.3. The van der Waals surface area contributed by atoms with E-state index in [0.29, 0.717) is 5.56 Å². The molecule has 2 aromatic carbocycles. The maximum atomic E-state index is 12.3. The van der Waals surface area contributed by atoms with E-state index in [1.165, 1.54) is 0 Å². The van der Waals surface area contributed by atoms with Crippen LogP contribution < -0.4 is 5.32 Å². The quantitative estimate of drug-likeness (QED) is 0.760. The molecule has 6 heteroatoms. The topological polar surface area (TPSA) is 59.8 Å². The van der Waals surface area contributed by atoms with Crippen molar-refractivity contribution in [3.05, 3.63) is 70.2 Å². The molecule has 0 fully saturated rings. The molecular weight excluding hydrogens is 356 g/mol. The molecule has 1 amide bonds. The molecule has 1 aromatic heterocycles. The first-order valence-corrected chi connectivity index (χ1v) is 7.90. The van der Waals surface area contributed by atoms with Crippen molar-refractivity contribution in [3.8, 4) is 5.69 Å². The van der Waals surface area contributed by atoms with Crippen LogP contribution in [-0.4, -0.2) is 20.7 Å². The molecule has 0 aliphatic carbocycles. The van der Waals surface area contributed by atoms with E-state index in [0.717, 1.165) is 27.5 Å². The zero-order valence-electron chi connectivity index (χ0n) is 12.7. The monoisotopic (exact) mass is 370 g/mol. The van der Waals surface area contributed by atoms with Crippen molar-refractivity contribution in [2.45, 2.75) is 13.8 Å². The van der Waals surface area contributed by atoms with Gasteiger partial charge in [0.15, 0.2) is 0 Å². The summed E-state index contributed by atoms with van der Waals surface area (Å²) in [5.74, 6) is 1.48. The van der Waals surface area contributed by atoms with Gasteiger partial charge in [-0.1, -0.05) is 22.0 Å². The van der Waals surface area contributed by atoms with Crippen molar-refractivity contribution >= 4 is 27.5 Å². The zero-order valence-corrected chi connectivity index (χ0v) is 14.3. The van der Waals surface area contributed by atoms with Crippen molar-refractivity contribution in [1.29, 1.82) is 0 Å². The average Bonchev–Trinajstić information content (AvgIpc) is 2.86. The molecular formula is C17H15BrN4O. The molecule has 0 bridgehead atoms. The number of hydrogen-bond donors (Lipinski definition) is 1. The normalized spacial score (nSPS) is 10.6. The van der Waals surface area contributed by atoms with Crippen LogP contribution in [0, 0.1) is 13.8 Å². The molecule has 5 nitrogen and oxygen atoms in total. The smallest absolute Gasteiger partial charge is 0.255 e. The first kappa shape index (κ1) is 15.4. The number of hydrogen-bond acceptors (Lipinski definition) is 3. The van der Waals surface area contributed by atoms with Gasteiger partial charge in [-0.2, -0.15) is 0 Å². The summed E-state index contributed by atoms with van der Waals surface area (Å²) in [4.78, 5) is 12.3. The third kappa shape index (κ3) is 3.32. The summed E-state index contributed by atoms with van der Waals surface area (Å²) in [7, 11) is 0. The molecule has 3 rings (SSSR count). The molecule has 0 atom stereocenters. The summed E-state index contributed by atoms with van der Waals surface area (Å²) in [6.45, 7) is 3.79. The minimum atomic E-state index is -0.146. The van der Waals surface area contributed by atoms with E-state index < -0.39 is 0 Å². The van der Waals surface area contributed by atoms with E-state index in [2.05, 4.69) is 31.4 Å². The van der Waals surface area contributed by atoms with Gasteiger partial charge in [0.05, 0.1) is 0 Å². The first-order chi connectivity index (χ1) is 11.0. The second-order valence-electron chi connectivity index (χ2n) is 5.14. The van der Waals surface area contributed by atoms with E-state index in [-0.39, 0.29) is 5.91 Å². The summed E-state index contributed by atoms with van der Waals surface area (Å²) < 4.78 is 2.86. The number of amides is 1. The van der Waals surface area contributed by atoms with E-state index in [1.54, 1.807) is 12.1 Å². The van der Waals surface area contributed by atoms with E-state index in [4.69, 9.17) is 0 Å². The fraction of sp³-hybridized carbons (Fsp3) is 0.118. The lowest BCUT2D eigenvalue weighted by Gasteiger charge is -2.09. The lowest BCUT2D eigenvalue weighted by Crippen LogP contribution is -2.12. The SMILES string of the molecule is Cc1nnc(C)n1-c1ccc(C(=O)Nc2cccc(Br)c2)cc1. The molecule has 116 valence electrons. The number of aromatic nitrogens is 3. The summed E-state index contributed by atoms with van der Waals surface area (Å²) in [6, 6.07) is 14.9. The fourth-order valence-corrected chi connectivity index (χ4v) is 2.77. The molecule has 0 radical (unpaired) electrons. The van der Waals surface area contributed by atoms with Gasteiger partial charge in [0.2, 0.25) is 0 Å². The van der Waals surface area contributed by atoms with Gasteiger partial charge in [0.25, 0.3) is 5.91 Å². The molecule has 0 spiro atoms. The highest BCUT2D eigenvalue weighted by molar-refractivity contribution is 9.10. The number of halogens is 1. The van der Waals surface area contributed by atoms with Gasteiger partial charge < -0.3 is 5.32 Å². The molecule has 3 aromatic rings. The minimum Gasteiger partial charge on any atom is -0.322 e. The molecule has 0 unspecified atom stereocenters. The van der Waals surface area contributed by atoms with Crippen molar-refractivity contribution in [3.63, 3.8) is 0 Å². The van der Waals surface area contributed by atoms with Crippen LogP contribution in [0.3, 0.4) is 0 Å². The largest absolute Gasteiger partial charge is 0.322 e. The van der Waals surface area contributed by atoms with Crippen LogP contribution in [0.15, 0.2) is 53.0 Å². The Labute approximate surface area is 142 Å². The fourth-order valence-electron chi connectivity index (χ4n) is 2.37. The summed E-state index contributed by atoms with van der Waals surface area (Å²) in [6.07, 6.45) is 0. The summed E-state index contributed by atoms with van der Waals surface area (Å²) in [5, 5.41) is 11.0. The van der Waals surface area contributed by atoms with E-state index >= 15 is 0 Å². The second kappa shape index (κ2) is 6.34. The Bertz CT molecular complexity index is 836. The average molecular weight is 371 g/mol. The number of benzene rings is 2. The van der Waals surface area contributed by atoms with Gasteiger partial charge in [-0.05, 0) is 56.3 Å². The predicted octanol–water partition coefficient (Wildman–Crippen LogP) is 3.90. The molecule has 0 aliphatic rings. The van der Waals surface area contributed by atoms with E-state index in [1.807, 2.05) is 54.8 Å². The number of nitrogens with zero attached hydrogens (tertiary/aromatic N) is 3. The van der Waals surface area contributed by atoms with Crippen molar-refractivity contribution in [2.75, 3.05) is 5.32 Å². The number of aryl methyl sites for hydroxylation is 2. The molecule has 1 heterocycles. The number of rotatable bonds is 3. The van der Waals surface area contributed by atoms with Crippen LogP contribution in [0.5, 0.6) is 0 Å². The van der Waals surface area contributed by atoms with Crippen molar-refractivity contribution in [1.82, 2.24) is 14.8 Å². The summed E-state index contributed by atoms with van der Waals surface area (Å²) in [5.41, 5.74) is 2.28. The molecule has 0 saturated heterocycles. The van der Waals surface area contributed by atoms with Crippen molar-refractivity contribution < 1.29 is 4.79 Å². The number of carbonyl (C=O) groups excluding carboxylic acids is 1. The standard InChI is InChI=1S/C17H15BrN4O/c1-11-20-21-12(2)22(11)16-8-6-13(7-9-16)17(23)19-15-5-3-4-14(18)10-15/h3-10H,1-2H3,(H,19,23). The van der Waals surface area contributed by atoms with Gasteiger partial charge in [-0.25, -0.2) is 0 Å². The Morgan fingerprint density at radius 3 is 2.30 bits per heavy atom. The van der Waals surface area contributed by atoms with E-state index in [9.17, 15) is 4.79 Å². The van der Waals surface area contributed by atoms with Crippen LogP contribution in [0.4, 0.5) is 5.69 Å². The number of nitrogens with one attached hydrogen (secondary N) is 1. The third-order valence-electron chi connectivity index (χ3n) is 3.46. The van der Waals surface area contributed by atoms with Crippen LogP contribution in [0.1, 0.15) is 22.0 Å². The van der Waals surface area contributed by atoms with Crippen LogP contribution in [0.2, 0.25) is 0 Å². The minimum absolute atomic E-state index is 0.146. The third-order valence-corrected chi connectivity index (χ3v) is 3.95. The molecule has 23 heavy (non-hydrogen) atoms. The Balaban J connectivity index is 1.81. The molecule has 0 aliphatic heterocycles. The first-order valence-electron chi connectivity index (χ1n) is 7.10. The molecule has 0 saturated carbocycles. The molecule has 1 N–H and O–H groups in total. The van der Waals surface area contributed by atoms with Crippen LogP contribution >= 0.6 is 15.9 Å². The zero-order chi connectivity index (χ0) is 16.4. The lowest BCUT2D eigenvalue weighted by atomic mass is 10.2. The van der Waals surface area contributed by atoms with Gasteiger partial charge in [0.1, 0.15) is 11.6 Å². The van der Waals surface area contributed by atoms with Gasteiger partial charge >= 0.3 is 0 Å². The Morgan fingerprint density at radius 1 is 1.04 bits per heavy atom. The number of anilines is 1. The highest BCUT2D eigenvalue weighted by atomic mass is 79.9. The maximum Gasteiger partial charge on any atom is 0.255 e. The highest BCUT2D eigenvalue weighted by Gasteiger charge is 2.09. The van der Waals surface area contributed by atoms with Crippen molar-refractivity contribution in [2.24, 2.45) is 0 Å². The second-order valence-corrected chi connectivity index (χ2v) is 6.06. The summed E-state index contributed by atoms with van der Waals surface area (Å²) >= 11 is 3.39. The Kier molecular flexibility index (Phi) is 4.25. The lowest BCUT2D eigenvalue weighted by molar-refractivity contribution is 0.102. The number of carbonyl (C=O) groups is 1. The van der Waals surface area contributed by atoms with Gasteiger partial charge in [0, 0.05) is 21.4 Å². The Hall–Kier alpha value is -2.47. The Morgan fingerprint density at radius 2 is 1.70 bits per heavy atom. The van der Waals surface area contributed by atoms with Crippen LogP contribution in [-0.2, 0) is 0 Å². The van der Waals surface area contributed by atoms with Crippen LogP contribution in [0.25, 0.3) is 5.69 Å².